The fourth-order valence-corrected chi connectivity index (χ4v) is 2.28. The minimum absolute atomic E-state index is 0.129. The van der Waals surface area contributed by atoms with E-state index >= 15 is 0 Å². The van der Waals surface area contributed by atoms with Gasteiger partial charge in [-0.3, -0.25) is 4.79 Å². The monoisotopic (exact) mass is 279 g/mol. The van der Waals surface area contributed by atoms with E-state index in [4.69, 9.17) is 4.42 Å². The van der Waals surface area contributed by atoms with Crippen LogP contribution in [0, 0.1) is 0 Å². The van der Waals surface area contributed by atoms with Gasteiger partial charge in [-0.25, -0.2) is 0 Å². The summed E-state index contributed by atoms with van der Waals surface area (Å²) in [6, 6.07) is 3.71. The minimum Gasteiger partial charge on any atom is -0.467 e. The van der Waals surface area contributed by atoms with E-state index in [2.05, 4.69) is 12.2 Å². The molecule has 0 radical (unpaired) electrons. The van der Waals surface area contributed by atoms with E-state index in [1.807, 2.05) is 12.1 Å². The van der Waals surface area contributed by atoms with E-state index in [1.54, 1.807) is 6.26 Å². The number of carbonyl (C=O) groups excluding carboxylic acids is 1. The summed E-state index contributed by atoms with van der Waals surface area (Å²) in [5.41, 5.74) is 0. The molecule has 114 valence electrons. The second-order valence-electron chi connectivity index (χ2n) is 5.43. The number of hydrogen-bond acceptors (Lipinski definition) is 2. The summed E-state index contributed by atoms with van der Waals surface area (Å²) in [5.74, 6) is 0.940. The minimum atomic E-state index is 0.129. The van der Waals surface area contributed by atoms with Gasteiger partial charge in [-0.2, -0.15) is 0 Å². The van der Waals surface area contributed by atoms with Gasteiger partial charge in [0.25, 0.3) is 0 Å². The average molecular weight is 279 g/mol. The van der Waals surface area contributed by atoms with Crippen molar-refractivity contribution < 1.29 is 9.21 Å². The van der Waals surface area contributed by atoms with Crippen molar-refractivity contribution in [2.75, 3.05) is 0 Å². The summed E-state index contributed by atoms with van der Waals surface area (Å²) in [6.07, 6.45) is 13.8. The van der Waals surface area contributed by atoms with Crippen LogP contribution in [0.15, 0.2) is 22.8 Å². The number of hydrogen-bond donors (Lipinski definition) is 1. The van der Waals surface area contributed by atoms with Crippen molar-refractivity contribution in [3.05, 3.63) is 24.2 Å². The van der Waals surface area contributed by atoms with Crippen molar-refractivity contribution in [1.82, 2.24) is 5.32 Å². The maximum atomic E-state index is 11.6. The Bertz CT molecular complexity index is 333. The Morgan fingerprint density at radius 1 is 1.05 bits per heavy atom. The van der Waals surface area contributed by atoms with Gasteiger partial charge < -0.3 is 9.73 Å². The molecule has 0 unspecified atom stereocenters. The van der Waals surface area contributed by atoms with Crippen LogP contribution in [-0.2, 0) is 11.3 Å². The lowest BCUT2D eigenvalue weighted by molar-refractivity contribution is -0.121. The highest BCUT2D eigenvalue weighted by atomic mass is 16.3. The van der Waals surface area contributed by atoms with Gasteiger partial charge in [-0.15, -0.1) is 0 Å². The van der Waals surface area contributed by atoms with Crippen LogP contribution in [0.2, 0.25) is 0 Å². The van der Waals surface area contributed by atoms with Crippen LogP contribution in [0.4, 0.5) is 0 Å². The van der Waals surface area contributed by atoms with Crippen molar-refractivity contribution in [1.29, 1.82) is 0 Å². The average Bonchev–Trinajstić information content (AvgIpc) is 2.96. The Morgan fingerprint density at radius 3 is 2.30 bits per heavy atom. The van der Waals surface area contributed by atoms with E-state index in [0.29, 0.717) is 13.0 Å². The van der Waals surface area contributed by atoms with Gasteiger partial charge in [0.2, 0.25) is 5.91 Å². The van der Waals surface area contributed by atoms with Crippen LogP contribution < -0.4 is 5.32 Å². The zero-order valence-corrected chi connectivity index (χ0v) is 12.8. The highest BCUT2D eigenvalue weighted by Gasteiger charge is 2.02. The Kier molecular flexibility index (Phi) is 9.72. The number of furan rings is 1. The summed E-state index contributed by atoms with van der Waals surface area (Å²) in [4.78, 5) is 11.6. The van der Waals surface area contributed by atoms with E-state index in [0.717, 1.165) is 12.2 Å². The van der Waals surface area contributed by atoms with Crippen molar-refractivity contribution in [3.63, 3.8) is 0 Å². The van der Waals surface area contributed by atoms with Gasteiger partial charge in [-0.05, 0) is 18.6 Å². The normalized spacial score (nSPS) is 10.7. The van der Waals surface area contributed by atoms with Gasteiger partial charge >= 0.3 is 0 Å². The van der Waals surface area contributed by atoms with Gasteiger partial charge in [0.05, 0.1) is 12.8 Å². The number of carbonyl (C=O) groups is 1. The predicted octanol–water partition coefficient (Wildman–Crippen LogP) is 4.82. The van der Waals surface area contributed by atoms with E-state index in [1.165, 1.54) is 51.4 Å². The summed E-state index contributed by atoms with van der Waals surface area (Å²) < 4.78 is 5.17. The molecule has 1 aromatic rings. The van der Waals surface area contributed by atoms with Crippen molar-refractivity contribution in [2.45, 2.75) is 77.7 Å². The van der Waals surface area contributed by atoms with Gasteiger partial charge in [0, 0.05) is 6.42 Å². The van der Waals surface area contributed by atoms with E-state index < -0.39 is 0 Å². The molecule has 0 aliphatic rings. The largest absolute Gasteiger partial charge is 0.467 e. The summed E-state index contributed by atoms with van der Waals surface area (Å²) >= 11 is 0. The second-order valence-corrected chi connectivity index (χ2v) is 5.43. The molecule has 1 amide bonds. The first-order chi connectivity index (χ1) is 9.83. The first-order valence-electron chi connectivity index (χ1n) is 8.12. The van der Waals surface area contributed by atoms with Gasteiger partial charge in [-0.1, -0.05) is 58.3 Å². The lowest BCUT2D eigenvalue weighted by atomic mass is 10.1. The maximum absolute atomic E-state index is 11.6. The quantitative estimate of drug-likeness (QED) is 0.557. The standard InChI is InChI=1S/C17H29NO2/c1-2-3-4-5-6-7-8-9-10-13-17(19)18-15-16-12-11-14-20-16/h11-12,14H,2-10,13,15H2,1H3,(H,18,19). The molecule has 0 fully saturated rings. The molecular weight excluding hydrogens is 250 g/mol. The van der Waals surface area contributed by atoms with Crippen LogP contribution in [-0.4, -0.2) is 5.91 Å². The fraction of sp³-hybridized carbons (Fsp3) is 0.706. The van der Waals surface area contributed by atoms with Crippen molar-refractivity contribution in [2.24, 2.45) is 0 Å². The van der Waals surface area contributed by atoms with Crippen LogP contribution >= 0.6 is 0 Å². The van der Waals surface area contributed by atoms with E-state index in [9.17, 15) is 4.79 Å². The van der Waals surface area contributed by atoms with Crippen molar-refractivity contribution >= 4 is 5.91 Å². The van der Waals surface area contributed by atoms with Crippen LogP contribution in [0.1, 0.15) is 76.9 Å². The third kappa shape index (κ3) is 8.78. The van der Waals surface area contributed by atoms with Gasteiger partial charge in [0.1, 0.15) is 5.76 Å². The topological polar surface area (TPSA) is 42.2 Å². The Hall–Kier alpha value is -1.25. The lowest BCUT2D eigenvalue weighted by Crippen LogP contribution is -2.21. The maximum Gasteiger partial charge on any atom is 0.220 e. The summed E-state index contributed by atoms with van der Waals surface area (Å²) in [7, 11) is 0. The van der Waals surface area contributed by atoms with Crippen LogP contribution in [0.25, 0.3) is 0 Å². The van der Waals surface area contributed by atoms with Crippen molar-refractivity contribution in [3.8, 4) is 0 Å². The smallest absolute Gasteiger partial charge is 0.220 e. The molecule has 0 saturated carbocycles. The molecule has 20 heavy (non-hydrogen) atoms. The van der Waals surface area contributed by atoms with Crippen LogP contribution in [0.3, 0.4) is 0 Å². The first-order valence-corrected chi connectivity index (χ1v) is 8.12. The second kappa shape index (κ2) is 11.6. The lowest BCUT2D eigenvalue weighted by Gasteiger charge is -2.04. The molecule has 0 atom stereocenters. The molecule has 1 N–H and O–H groups in total. The number of amides is 1. The fourth-order valence-electron chi connectivity index (χ4n) is 2.28. The Morgan fingerprint density at radius 2 is 1.70 bits per heavy atom. The van der Waals surface area contributed by atoms with Crippen LogP contribution in [0.5, 0.6) is 0 Å². The molecule has 3 nitrogen and oxygen atoms in total. The SMILES string of the molecule is CCCCCCCCCCCC(=O)NCc1ccco1. The predicted molar refractivity (Wildman–Crippen MR) is 82.4 cm³/mol. The molecule has 1 heterocycles. The van der Waals surface area contributed by atoms with Gasteiger partial charge in [0.15, 0.2) is 0 Å². The molecule has 0 spiro atoms. The highest BCUT2D eigenvalue weighted by molar-refractivity contribution is 5.75. The summed E-state index contributed by atoms with van der Waals surface area (Å²) in [5, 5.41) is 2.88. The Labute approximate surface area is 123 Å². The zero-order chi connectivity index (χ0) is 14.5. The summed E-state index contributed by atoms with van der Waals surface area (Å²) in [6.45, 7) is 2.75. The molecule has 0 aliphatic carbocycles. The van der Waals surface area contributed by atoms with E-state index in [-0.39, 0.29) is 5.91 Å². The third-order valence-corrected chi connectivity index (χ3v) is 3.55. The number of rotatable bonds is 12. The molecule has 1 rings (SSSR count). The molecule has 0 saturated heterocycles. The molecule has 0 aromatic carbocycles. The molecule has 3 heteroatoms. The zero-order valence-electron chi connectivity index (χ0n) is 12.8. The molecule has 1 aromatic heterocycles. The molecular formula is C17H29NO2. The molecule has 0 aliphatic heterocycles. The number of nitrogens with one attached hydrogen (secondary N) is 1. The Balaban J connectivity index is 1.84. The third-order valence-electron chi connectivity index (χ3n) is 3.55. The number of unbranched alkanes of at least 4 members (excludes halogenated alkanes) is 8. The first kappa shape index (κ1) is 16.8. The molecule has 0 bridgehead atoms. The highest BCUT2D eigenvalue weighted by Crippen LogP contribution is 2.10.